The van der Waals surface area contributed by atoms with Crippen LogP contribution in [-0.2, 0) is 0 Å². The summed E-state index contributed by atoms with van der Waals surface area (Å²) < 4.78 is 13.7. The molecule has 19 heavy (non-hydrogen) atoms. The van der Waals surface area contributed by atoms with Crippen molar-refractivity contribution in [3.63, 3.8) is 0 Å². The highest BCUT2D eigenvalue weighted by Crippen LogP contribution is 2.22. The van der Waals surface area contributed by atoms with Crippen molar-refractivity contribution >= 4 is 40.9 Å². The van der Waals surface area contributed by atoms with Crippen LogP contribution in [-0.4, -0.2) is 37.0 Å². The minimum absolute atomic E-state index is 0. The highest BCUT2D eigenvalue weighted by Gasteiger charge is 2.29. The molecule has 1 aliphatic heterocycles. The molecule has 0 aromatic heterocycles. The van der Waals surface area contributed by atoms with Gasteiger partial charge in [-0.2, -0.15) is 0 Å². The number of nitrogens with zero attached hydrogens (tertiary/aromatic N) is 1. The number of halogens is 3. The fraction of sp³-hybridized carbons (Fsp3) is 0.462. The molecule has 3 nitrogen and oxygen atoms in total. The fourth-order valence-corrected chi connectivity index (χ4v) is 3.08. The Hall–Kier alpha value is -0.400. The zero-order valence-corrected chi connectivity index (χ0v) is 13.6. The van der Waals surface area contributed by atoms with Gasteiger partial charge in [-0.3, -0.25) is 4.79 Å². The Labute approximate surface area is 132 Å². The van der Waals surface area contributed by atoms with Gasteiger partial charge in [0, 0.05) is 22.7 Å². The molecule has 0 aliphatic carbocycles. The molecule has 1 N–H and O–H groups in total. The van der Waals surface area contributed by atoms with Gasteiger partial charge in [0.05, 0.1) is 5.56 Å². The number of nitrogens with one attached hydrogen (secondary N) is 1. The predicted molar refractivity (Wildman–Crippen MR) is 84.4 cm³/mol. The van der Waals surface area contributed by atoms with Crippen LogP contribution in [0.15, 0.2) is 18.2 Å². The van der Waals surface area contributed by atoms with Gasteiger partial charge in [0.1, 0.15) is 5.82 Å². The van der Waals surface area contributed by atoms with E-state index in [9.17, 15) is 9.18 Å². The van der Waals surface area contributed by atoms with Crippen molar-refractivity contribution in [2.24, 2.45) is 0 Å². The topological polar surface area (TPSA) is 32.3 Å². The second-order valence-corrected chi connectivity index (χ2v) is 5.64. The first kappa shape index (κ1) is 16.7. The van der Waals surface area contributed by atoms with E-state index in [2.05, 4.69) is 5.32 Å². The standard InChI is InChI=1S/C13H16FIN2O.ClH/c1-16-8-10-3-2-6-17(10)13(18)11-5-4-9(14)7-12(11)15;/h4-5,7,10,16H,2-3,6,8H2,1H3;1H. The maximum atomic E-state index is 13.0. The summed E-state index contributed by atoms with van der Waals surface area (Å²) in [5, 5.41) is 3.11. The molecule has 106 valence electrons. The second kappa shape index (κ2) is 7.40. The summed E-state index contributed by atoms with van der Waals surface area (Å²) >= 11 is 2.01. The van der Waals surface area contributed by atoms with Gasteiger partial charge in [-0.05, 0) is 60.7 Å². The molecule has 1 aromatic rings. The number of rotatable bonds is 3. The average molecular weight is 399 g/mol. The van der Waals surface area contributed by atoms with E-state index in [-0.39, 0.29) is 30.2 Å². The smallest absolute Gasteiger partial charge is 0.255 e. The van der Waals surface area contributed by atoms with Crippen LogP contribution in [0.2, 0.25) is 0 Å². The highest BCUT2D eigenvalue weighted by molar-refractivity contribution is 14.1. The quantitative estimate of drug-likeness (QED) is 0.794. The largest absolute Gasteiger partial charge is 0.334 e. The molecule has 1 atom stereocenters. The zero-order chi connectivity index (χ0) is 13.1. The van der Waals surface area contributed by atoms with Gasteiger partial charge in [-0.15, -0.1) is 12.4 Å². The average Bonchev–Trinajstić information content (AvgIpc) is 2.77. The summed E-state index contributed by atoms with van der Waals surface area (Å²) in [6, 6.07) is 4.58. The monoisotopic (exact) mass is 398 g/mol. The van der Waals surface area contributed by atoms with Gasteiger partial charge in [0.25, 0.3) is 5.91 Å². The number of amides is 1. The minimum atomic E-state index is -0.302. The van der Waals surface area contributed by atoms with E-state index in [1.165, 1.54) is 12.1 Å². The van der Waals surface area contributed by atoms with Crippen molar-refractivity contribution in [1.82, 2.24) is 10.2 Å². The lowest BCUT2D eigenvalue weighted by Gasteiger charge is -2.25. The molecule has 1 amide bonds. The van der Waals surface area contributed by atoms with Gasteiger partial charge in [-0.25, -0.2) is 4.39 Å². The van der Waals surface area contributed by atoms with E-state index in [4.69, 9.17) is 0 Å². The molecule has 1 aromatic carbocycles. The Morgan fingerprint density at radius 2 is 2.32 bits per heavy atom. The van der Waals surface area contributed by atoms with Crippen LogP contribution in [0.1, 0.15) is 23.2 Å². The summed E-state index contributed by atoms with van der Waals surface area (Å²) in [6.45, 7) is 1.60. The molecule has 1 unspecified atom stereocenters. The number of carbonyl (C=O) groups is 1. The Balaban J connectivity index is 0.00000180. The molecule has 0 saturated carbocycles. The predicted octanol–water partition coefficient (Wildman–Crippen LogP) is 2.68. The summed E-state index contributed by atoms with van der Waals surface area (Å²) in [5.41, 5.74) is 0.597. The first-order valence-electron chi connectivity index (χ1n) is 6.04. The van der Waals surface area contributed by atoms with Crippen LogP contribution in [0, 0.1) is 9.39 Å². The summed E-state index contributed by atoms with van der Waals surface area (Å²) in [6.07, 6.45) is 2.07. The molecule has 1 aliphatic rings. The third-order valence-corrected chi connectivity index (χ3v) is 4.13. The highest BCUT2D eigenvalue weighted by atomic mass is 127. The summed E-state index contributed by atoms with van der Waals surface area (Å²) in [7, 11) is 1.89. The van der Waals surface area contributed by atoms with Gasteiger partial charge in [-0.1, -0.05) is 0 Å². The number of hydrogen-bond acceptors (Lipinski definition) is 2. The Bertz CT molecular complexity index is 458. The third-order valence-electron chi connectivity index (χ3n) is 3.24. The van der Waals surface area contributed by atoms with E-state index in [1.807, 2.05) is 34.5 Å². The maximum absolute atomic E-state index is 13.0. The lowest BCUT2D eigenvalue weighted by Crippen LogP contribution is -2.41. The van der Waals surface area contributed by atoms with Crippen molar-refractivity contribution in [3.8, 4) is 0 Å². The SMILES string of the molecule is CNCC1CCCN1C(=O)c1ccc(F)cc1I.Cl. The lowest BCUT2D eigenvalue weighted by molar-refractivity contribution is 0.0736. The molecule has 0 spiro atoms. The van der Waals surface area contributed by atoms with E-state index in [0.717, 1.165) is 25.9 Å². The molecule has 1 heterocycles. The second-order valence-electron chi connectivity index (χ2n) is 4.48. The van der Waals surface area contributed by atoms with Gasteiger partial charge >= 0.3 is 0 Å². The normalized spacial score (nSPS) is 18.3. The first-order chi connectivity index (χ1) is 8.63. The maximum Gasteiger partial charge on any atom is 0.255 e. The number of benzene rings is 1. The number of hydrogen-bond donors (Lipinski definition) is 1. The van der Waals surface area contributed by atoms with Crippen LogP contribution in [0.25, 0.3) is 0 Å². The van der Waals surface area contributed by atoms with E-state index < -0.39 is 0 Å². The molecule has 1 fully saturated rings. The third kappa shape index (κ3) is 3.79. The zero-order valence-electron chi connectivity index (χ0n) is 10.7. The van der Waals surface area contributed by atoms with Crippen LogP contribution in [0.3, 0.4) is 0 Å². The van der Waals surface area contributed by atoms with Crippen molar-refractivity contribution in [2.45, 2.75) is 18.9 Å². The molecular weight excluding hydrogens is 382 g/mol. The molecule has 2 rings (SSSR count). The van der Waals surface area contributed by atoms with E-state index in [1.54, 1.807) is 6.07 Å². The van der Waals surface area contributed by atoms with Crippen molar-refractivity contribution in [2.75, 3.05) is 20.1 Å². The van der Waals surface area contributed by atoms with Crippen molar-refractivity contribution in [1.29, 1.82) is 0 Å². The summed E-state index contributed by atoms with van der Waals surface area (Å²) in [4.78, 5) is 14.3. The van der Waals surface area contributed by atoms with Crippen molar-refractivity contribution < 1.29 is 9.18 Å². The van der Waals surface area contributed by atoms with Crippen LogP contribution >= 0.6 is 35.0 Å². The van der Waals surface area contributed by atoms with Gasteiger partial charge in [0.2, 0.25) is 0 Å². The lowest BCUT2D eigenvalue weighted by atomic mass is 10.1. The molecule has 6 heteroatoms. The summed E-state index contributed by atoms with van der Waals surface area (Å²) in [5.74, 6) is -0.290. The first-order valence-corrected chi connectivity index (χ1v) is 7.12. The minimum Gasteiger partial charge on any atom is -0.334 e. The van der Waals surface area contributed by atoms with Crippen LogP contribution in [0.5, 0.6) is 0 Å². The molecule has 1 saturated heterocycles. The number of likely N-dealkylation sites (N-methyl/N-ethyl adjacent to an activating group) is 1. The van der Waals surface area contributed by atoms with Crippen molar-refractivity contribution in [3.05, 3.63) is 33.1 Å². The molecule has 0 radical (unpaired) electrons. The Morgan fingerprint density at radius 3 is 2.95 bits per heavy atom. The van der Waals surface area contributed by atoms with Gasteiger partial charge in [0.15, 0.2) is 0 Å². The fourth-order valence-electron chi connectivity index (χ4n) is 2.37. The molecule has 0 bridgehead atoms. The molecular formula is C13H17ClFIN2O. The van der Waals surface area contributed by atoms with E-state index in [0.29, 0.717) is 9.13 Å². The van der Waals surface area contributed by atoms with Crippen LogP contribution in [0.4, 0.5) is 4.39 Å². The number of likely N-dealkylation sites (tertiary alicyclic amines) is 1. The van der Waals surface area contributed by atoms with Crippen LogP contribution < -0.4 is 5.32 Å². The van der Waals surface area contributed by atoms with E-state index >= 15 is 0 Å². The Morgan fingerprint density at radius 1 is 1.58 bits per heavy atom. The van der Waals surface area contributed by atoms with Gasteiger partial charge < -0.3 is 10.2 Å². The number of carbonyl (C=O) groups excluding carboxylic acids is 1. The Kier molecular flexibility index (Phi) is 6.49.